The standard InChI is InChI=1S/C12H18FN3O/c1-12(2,3)16-11(17)8-15-6-9-4-10(13)7-14-5-9/h4-5,7,15H,6,8H2,1-3H3,(H,16,17). The molecular formula is C12H18FN3O. The Morgan fingerprint density at radius 1 is 1.41 bits per heavy atom. The molecule has 0 atom stereocenters. The average Bonchev–Trinajstić information content (AvgIpc) is 2.14. The monoisotopic (exact) mass is 239 g/mol. The first-order valence-corrected chi connectivity index (χ1v) is 5.48. The summed E-state index contributed by atoms with van der Waals surface area (Å²) in [4.78, 5) is 15.2. The highest BCUT2D eigenvalue weighted by Crippen LogP contribution is 2.00. The number of amides is 1. The van der Waals surface area contributed by atoms with Crippen molar-refractivity contribution in [1.29, 1.82) is 0 Å². The van der Waals surface area contributed by atoms with Crippen LogP contribution in [0.25, 0.3) is 0 Å². The zero-order valence-corrected chi connectivity index (χ0v) is 10.4. The van der Waals surface area contributed by atoms with Crippen molar-refractivity contribution in [2.75, 3.05) is 6.54 Å². The first-order chi connectivity index (χ1) is 7.87. The van der Waals surface area contributed by atoms with Gasteiger partial charge >= 0.3 is 0 Å². The molecule has 0 radical (unpaired) electrons. The minimum atomic E-state index is -0.372. The number of nitrogens with one attached hydrogen (secondary N) is 2. The molecule has 5 heteroatoms. The molecule has 0 aliphatic carbocycles. The van der Waals surface area contributed by atoms with Crippen molar-refractivity contribution < 1.29 is 9.18 Å². The van der Waals surface area contributed by atoms with Crippen LogP contribution in [0.5, 0.6) is 0 Å². The van der Waals surface area contributed by atoms with Gasteiger partial charge in [0.2, 0.25) is 5.91 Å². The van der Waals surface area contributed by atoms with E-state index in [2.05, 4.69) is 15.6 Å². The fourth-order valence-corrected chi connectivity index (χ4v) is 1.34. The third-order valence-electron chi connectivity index (χ3n) is 1.89. The third kappa shape index (κ3) is 5.97. The number of hydrogen-bond donors (Lipinski definition) is 2. The average molecular weight is 239 g/mol. The number of pyridine rings is 1. The van der Waals surface area contributed by atoms with Crippen molar-refractivity contribution in [3.8, 4) is 0 Å². The summed E-state index contributed by atoms with van der Waals surface area (Å²) in [6, 6.07) is 1.39. The van der Waals surface area contributed by atoms with Gasteiger partial charge in [0.05, 0.1) is 12.7 Å². The third-order valence-corrected chi connectivity index (χ3v) is 1.89. The van der Waals surface area contributed by atoms with Gasteiger partial charge in [0, 0.05) is 18.3 Å². The topological polar surface area (TPSA) is 54.0 Å². The summed E-state index contributed by atoms with van der Waals surface area (Å²) < 4.78 is 12.8. The Kier molecular flexibility index (Phi) is 4.57. The number of nitrogens with zero attached hydrogens (tertiary/aromatic N) is 1. The Bertz CT molecular complexity index is 388. The molecule has 0 saturated carbocycles. The molecule has 1 heterocycles. The lowest BCUT2D eigenvalue weighted by atomic mass is 10.1. The Labute approximate surface area is 101 Å². The molecule has 1 aromatic heterocycles. The lowest BCUT2D eigenvalue weighted by molar-refractivity contribution is -0.121. The zero-order valence-electron chi connectivity index (χ0n) is 10.4. The van der Waals surface area contributed by atoms with Crippen LogP contribution in [0.3, 0.4) is 0 Å². The molecule has 0 unspecified atom stereocenters. The number of halogens is 1. The molecule has 17 heavy (non-hydrogen) atoms. The first kappa shape index (κ1) is 13.6. The van der Waals surface area contributed by atoms with E-state index < -0.39 is 0 Å². The predicted molar refractivity (Wildman–Crippen MR) is 63.8 cm³/mol. The molecule has 0 spiro atoms. The molecule has 1 rings (SSSR count). The summed E-state index contributed by atoms with van der Waals surface area (Å²) in [5, 5.41) is 5.76. The van der Waals surface area contributed by atoms with E-state index in [4.69, 9.17) is 0 Å². The fourth-order valence-electron chi connectivity index (χ4n) is 1.34. The first-order valence-electron chi connectivity index (χ1n) is 5.48. The summed E-state index contributed by atoms with van der Waals surface area (Å²) in [5.41, 5.74) is 0.479. The second kappa shape index (κ2) is 5.72. The SMILES string of the molecule is CC(C)(C)NC(=O)CNCc1cncc(F)c1. The quantitative estimate of drug-likeness (QED) is 0.830. The van der Waals surface area contributed by atoms with E-state index in [1.807, 2.05) is 20.8 Å². The molecule has 1 aromatic rings. The second-order valence-corrected chi connectivity index (χ2v) is 4.91. The maximum atomic E-state index is 12.8. The normalized spacial score (nSPS) is 11.3. The number of carbonyl (C=O) groups is 1. The van der Waals surface area contributed by atoms with Crippen LogP contribution in [-0.4, -0.2) is 23.0 Å². The summed E-state index contributed by atoms with van der Waals surface area (Å²) in [6.45, 7) is 6.38. The smallest absolute Gasteiger partial charge is 0.234 e. The molecule has 2 N–H and O–H groups in total. The van der Waals surface area contributed by atoms with Gasteiger partial charge in [-0.15, -0.1) is 0 Å². The van der Waals surface area contributed by atoms with E-state index in [-0.39, 0.29) is 23.8 Å². The van der Waals surface area contributed by atoms with Crippen molar-refractivity contribution >= 4 is 5.91 Å². The van der Waals surface area contributed by atoms with E-state index in [0.717, 1.165) is 6.20 Å². The molecule has 0 fully saturated rings. The molecule has 0 saturated heterocycles. The van der Waals surface area contributed by atoms with Crippen molar-refractivity contribution in [3.05, 3.63) is 29.8 Å². The van der Waals surface area contributed by atoms with E-state index in [0.29, 0.717) is 12.1 Å². The summed E-state index contributed by atoms with van der Waals surface area (Å²) >= 11 is 0. The minimum absolute atomic E-state index is 0.0816. The van der Waals surface area contributed by atoms with Gasteiger partial charge in [-0.1, -0.05) is 0 Å². The number of aromatic nitrogens is 1. The number of carbonyl (C=O) groups excluding carboxylic acids is 1. The highest BCUT2D eigenvalue weighted by atomic mass is 19.1. The van der Waals surface area contributed by atoms with Crippen LogP contribution in [0.1, 0.15) is 26.3 Å². The van der Waals surface area contributed by atoms with Crippen molar-refractivity contribution in [1.82, 2.24) is 15.6 Å². The van der Waals surface area contributed by atoms with Gasteiger partial charge in [-0.05, 0) is 32.4 Å². The second-order valence-electron chi connectivity index (χ2n) is 4.91. The Morgan fingerprint density at radius 2 is 2.12 bits per heavy atom. The lowest BCUT2D eigenvalue weighted by Gasteiger charge is -2.20. The van der Waals surface area contributed by atoms with Crippen LogP contribution in [0.2, 0.25) is 0 Å². The van der Waals surface area contributed by atoms with Crippen LogP contribution in [0, 0.1) is 5.82 Å². The van der Waals surface area contributed by atoms with Gasteiger partial charge < -0.3 is 10.6 Å². The zero-order chi connectivity index (χ0) is 12.9. The maximum Gasteiger partial charge on any atom is 0.234 e. The van der Waals surface area contributed by atoms with Gasteiger partial charge in [-0.25, -0.2) is 4.39 Å². The van der Waals surface area contributed by atoms with Gasteiger partial charge in [0.15, 0.2) is 0 Å². The Morgan fingerprint density at radius 3 is 2.71 bits per heavy atom. The fraction of sp³-hybridized carbons (Fsp3) is 0.500. The molecule has 94 valence electrons. The maximum absolute atomic E-state index is 12.8. The van der Waals surface area contributed by atoms with E-state index in [1.54, 1.807) is 6.20 Å². The van der Waals surface area contributed by atoms with Gasteiger partial charge in [-0.2, -0.15) is 0 Å². The summed E-state index contributed by atoms with van der Waals surface area (Å²) in [5.74, 6) is -0.453. The molecule has 0 aromatic carbocycles. The van der Waals surface area contributed by atoms with Crippen molar-refractivity contribution in [2.45, 2.75) is 32.9 Å². The predicted octanol–water partition coefficient (Wildman–Crippen LogP) is 1.22. The van der Waals surface area contributed by atoms with Crippen LogP contribution >= 0.6 is 0 Å². The van der Waals surface area contributed by atoms with Crippen LogP contribution in [0.4, 0.5) is 4.39 Å². The van der Waals surface area contributed by atoms with E-state index in [9.17, 15) is 9.18 Å². The van der Waals surface area contributed by atoms with Crippen molar-refractivity contribution in [3.63, 3.8) is 0 Å². The molecular weight excluding hydrogens is 221 g/mol. The molecule has 0 aliphatic heterocycles. The lowest BCUT2D eigenvalue weighted by Crippen LogP contribution is -2.44. The molecule has 0 aliphatic rings. The minimum Gasteiger partial charge on any atom is -0.350 e. The van der Waals surface area contributed by atoms with Gasteiger partial charge in [-0.3, -0.25) is 9.78 Å². The molecule has 0 bridgehead atoms. The van der Waals surface area contributed by atoms with Gasteiger partial charge in [0.25, 0.3) is 0 Å². The van der Waals surface area contributed by atoms with E-state index >= 15 is 0 Å². The van der Waals surface area contributed by atoms with Crippen molar-refractivity contribution in [2.24, 2.45) is 0 Å². The highest BCUT2D eigenvalue weighted by Gasteiger charge is 2.12. The number of rotatable bonds is 4. The van der Waals surface area contributed by atoms with E-state index in [1.165, 1.54) is 6.07 Å². The van der Waals surface area contributed by atoms with Crippen LogP contribution in [-0.2, 0) is 11.3 Å². The molecule has 1 amide bonds. The van der Waals surface area contributed by atoms with Crippen LogP contribution < -0.4 is 10.6 Å². The van der Waals surface area contributed by atoms with Gasteiger partial charge in [0.1, 0.15) is 5.82 Å². The highest BCUT2D eigenvalue weighted by molar-refractivity contribution is 5.78. The summed E-state index contributed by atoms with van der Waals surface area (Å²) in [7, 11) is 0. The largest absolute Gasteiger partial charge is 0.350 e. The Balaban J connectivity index is 2.31. The Hall–Kier alpha value is -1.49. The van der Waals surface area contributed by atoms with Crippen LogP contribution in [0.15, 0.2) is 18.5 Å². The number of hydrogen-bond acceptors (Lipinski definition) is 3. The molecule has 4 nitrogen and oxygen atoms in total. The summed E-state index contributed by atoms with van der Waals surface area (Å²) in [6.07, 6.45) is 2.72.